The minimum absolute atomic E-state index is 0.0687. The maximum atomic E-state index is 12.2. The first-order valence-corrected chi connectivity index (χ1v) is 15.7. The Kier molecular flexibility index (Phi) is 13.9. The normalized spacial score (nSPS) is 22.1. The number of aromatic nitrogens is 4. The quantitative estimate of drug-likeness (QED) is 0.133. The molecule has 1 aliphatic heterocycles. The molecule has 0 spiro atoms. The van der Waals surface area contributed by atoms with E-state index in [1.54, 1.807) is 0 Å². The Bertz CT molecular complexity index is 1060. The number of nitrogen functional groups attached to an aromatic ring is 1. The van der Waals surface area contributed by atoms with Crippen molar-refractivity contribution in [2.75, 3.05) is 18.9 Å². The van der Waals surface area contributed by atoms with Crippen LogP contribution in [0.3, 0.4) is 0 Å². The zero-order valence-electron chi connectivity index (χ0n) is 23.1. The Balaban J connectivity index is 1.45. The number of aliphatic hydroxyl groups is 1. The fraction of sp³-hybridized carbons (Fsp3) is 0.808. The lowest BCUT2D eigenvalue weighted by molar-refractivity contribution is -0.0705. The van der Waals surface area contributed by atoms with Crippen LogP contribution in [0, 0.1) is 0 Å². The predicted molar refractivity (Wildman–Crippen MR) is 150 cm³/mol. The first-order chi connectivity index (χ1) is 19.0. The molecular weight excluding hydrogens is 525 g/mol. The molecule has 12 nitrogen and oxygen atoms in total. The number of rotatable bonds is 20. The number of H-pyrrole nitrogens is 1. The van der Waals surface area contributed by atoms with E-state index in [1.807, 2.05) is 0 Å². The molecule has 0 bridgehead atoms. The van der Waals surface area contributed by atoms with E-state index in [1.165, 1.54) is 81.5 Å². The van der Waals surface area contributed by atoms with Gasteiger partial charge in [0.25, 0.3) is 5.56 Å². The van der Waals surface area contributed by atoms with Crippen LogP contribution in [-0.2, 0) is 18.6 Å². The van der Waals surface area contributed by atoms with Crippen molar-refractivity contribution in [1.82, 2.24) is 19.5 Å². The lowest BCUT2D eigenvalue weighted by Crippen LogP contribution is -2.37. The van der Waals surface area contributed by atoms with Gasteiger partial charge in [-0.25, -0.2) is 4.98 Å². The smallest absolute Gasteiger partial charge is 0.317 e. The van der Waals surface area contributed by atoms with Crippen molar-refractivity contribution in [2.45, 2.75) is 121 Å². The summed E-state index contributed by atoms with van der Waals surface area (Å²) in [4.78, 5) is 32.3. The number of fused-ring (bicyclic) bond motifs is 1. The van der Waals surface area contributed by atoms with Gasteiger partial charge in [0.15, 0.2) is 17.4 Å². The molecule has 3 heterocycles. The van der Waals surface area contributed by atoms with Gasteiger partial charge in [0.1, 0.15) is 18.3 Å². The Labute approximate surface area is 230 Å². The van der Waals surface area contributed by atoms with E-state index < -0.39 is 45.0 Å². The van der Waals surface area contributed by atoms with Gasteiger partial charge in [0.05, 0.1) is 12.9 Å². The van der Waals surface area contributed by atoms with Crippen molar-refractivity contribution in [2.24, 2.45) is 0 Å². The molecule has 1 aliphatic rings. The molecule has 3 unspecified atom stereocenters. The molecule has 13 heteroatoms. The summed E-state index contributed by atoms with van der Waals surface area (Å²) in [5.41, 5.74) is 5.47. The van der Waals surface area contributed by atoms with Gasteiger partial charge in [-0.05, 0) is 6.42 Å². The minimum atomic E-state index is -3.33. The van der Waals surface area contributed by atoms with E-state index in [0.717, 1.165) is 19.3 Å². The summed E-state index contributed by atoms with van der Waals surface area (Å²) in [7, 11) is -3.33. The van der Waals surface area contributed by atoms with Gasteiger partial charge in [0, 0.05) is 6.61 Å². The molecule has 1 saturated heterocycles. The Morgan fingerprint density at radius 1 is 1.03 bits per heavy atom. The van der Waals surface area contributed by atoms with Gasteiger partial charge >= 0.3 is 8.25 Å². The lowest BCUT2D eigenvalue weighted by Gasteiger charge is -2.24. The number of imidazole rings is 1. The number of aliphatic hydroxyl groups excluding tert-OH is 1. The van der Waals surface area contributed by atoms with E-state index in [9.17, 15) is 19.4 Å². The molecule has 0 saturated carbocycles. The van der Waals surface area contributed by atoms with Crippen LogP contribution in [0.4, 0.5) is 5.95 Å². The van der Waals surface area contributed by atoms with Gasteiger partial charge < -0.3 is 29.7 Å². The Hall–Kier alpha value is -1.82. The van der Waals surface area contributed by atoms with Crippen molar-refractivity contribution in [1.29, 1.82) is 0 Å². The number of nitrogens with two attached hydrogens (primary N) is 1. The summed E-state index contributed by atoms with van der Waals surface area (Å²) in [6, 6.07) is 0. The average molecular weight is 572 g/mol. The summed E-state index contributed by atoms with van der Waals surface area (Å²) in [6.07, 6.45) is 15.2. The second-order valence-electron chi connectivity index (χ2n) is 10.3. The van der Waals surface area contributed by atoms with E-state index in [0.29, 0.717) is 6.61 Å². The van der Waals surface area contributed by atoms with Crippen molar-refractivity contribution in [3.8, 4) is 0 Å². The minimum Gasteiger partial charge on any atom is -0.394 e. The van der Waals surface area contributed by atoms with Gasteiger partial charge in [-0.15, -0.1) is 0 Å². The second kappa shape index (κ2) is 17.1. The monoisotopic (exact) mass is 571 g/mol. The van der Waals surface area contributed by atoms with Gasteiger partial charge in [-0.2, -0.15) is 4.98 Å². The third-order valence-corrected chi connectivity index (χ3v) is 7.71. The number of nitrogens with one attached hydrogen (secondary N) is 1. The summed E-state index contributed by atoms with van der Waals surface area (Å²) in [5, 5.41) is 9.84. The molecule has 5 N–H and O–H groups in total. The Morgan fingerprint density at radius 3 is 2.18 bits per heavy atom. The van der Waals surface area contributed by atoms with E-state index in [2.05, 4.69) is 21.9 Å². The molecule has 5 atom stereocenters. The average Bonchev–Trinajstić information content (AvgIpc) is 3.47. The molecule has 0 aliphatic carbocycles. The Morgan fingerprint density at radius 2 is 1.62 bits per heavy atom. The third-order valence-electron chi connectivity index (χ3n) is 7.24. The third kappa shape index (κ3) is 9.65. The van der Waals surface area contributed by atoms with Gasteiger partial charge in [-0.3, -0.25) is 18.9 Å². The van der Waals surface area contributed by atoms with Crippen LogP contribution in [-0.4, -0.2) is 61.0 Å². The molecule has 39 heavy (non-hydrogen) atoms. The number of aromatic amines is 1. The van der Waals surface area contributed by atoms with Crippen LogP contribution in [0.25, 0.3) is 11.2 Å². The van der Waals surface area contributed by atoms with Crippen molar-refractivity contribution < 1.29 is 28.6 Å². The van der Waals surface area contributed by atoms with Crippen LogP contribution in [0.15, 0.2) is 11.1 Å². The fourth-order valence-electron chi connectivity index (χ4n) is 5.16. The maximum absolute atomic E-state index is 12.2. The van der Waals surface area contributed by atoms with Crippen LogP contribution < -0.4 is 11.3 Å². The highest BCUT2D eigenvalue weighted by molar-refractivity contribution is 7.32. The predicted octanol–water partition coefficient (Wildman–Crippen LogP) is 4.23. The van der Waals surface area contributed by atoms with E-state index in [4.69, 9.17) is 19.7 Å². The van der Waals surface area contributed by atoms with E-state index in [-0.39, 0.29) is 17.1 Å². The number of nitrogens with zero attached hydrogens (tertiary/aromatic N) is 3. The first-order valence-electron chi connectivity index (χ1n) is 14.5. The van der Waals surface area contributed by atoms with Gasteiger partial charge in [0.2, 0.25) is 5.95 Å². The summed E-state index contributed by atoms with van der Waals surface area (Å²) >= 11 is 0. The molecule has 2 aromatic rings. The second-order valence-corrected chi connectivity index (χ2v) is 11.1. The SMILES string of the molecule is CCCCCCCCCCCCCCCCOC1C(O[PH](=O)O)[C@@H](CO)O[C@H]1n1cnc2c(=O)[nH]c(N)nc21. The van der Waals surface area contributed by atoms with E-state index >= 15 is 0 Å². The topological polar surface area (TPSA) is 175 Å². The number of anilines is 1. The van der Waals surface area contributed by atoms with Gasteiger partial charge in [-0.1, -0.05) is 90.4 Å². The molecule has 0 aromatic carbocycles. The highest BCUT2D eigenvalue weighted by Gasteiger charge is 2.48. The highest BCUT2D eigenvalue weighted by atomic mass is 31.1. The largest absolute Gasteiger partial charge is 0.394 e. The molecule has 1 fully saturated rings. The highest BCUT2D eigenvalue weighted by Crippen LogP contribution is 2.38. The zero-order chi connectivity index (χ0) is 28.0. The van der Waals surface area contributed by atoms with Crippen LogP contribution >= 0.6 is 8.25 Å². The molecule has 2 aromatic heterocycles. The number of hydrogen-bond acceptors (Lipinski definition) is 9. The first kappa shape index (κ1) is 31.7. The number of ether oxygens (including phenoxy) is 2. The van der Waals surface area contributed by atoms with Crippen LogP contribution in [0.2, 0.25) is 0 Å². The summed E-state index contributed by atoms with van der Waals surface area (Å²) in [6.45, 7) is 2.19. The standard InChI is InChI=1S/C26H46N5O7P/c1-2-3-4-5-6-7-8-9-10-11-12-13-14-15-16-36-22-21(38-39(34)35)19(17-32)37-25(22)31-18-28-20-23(31)29-26(27)30-24(20)33/h18-19,21-22,25,32,39H,2-17H2,1H3,(H,34,35)(H3,27,29,30,33)/t19-,21?,22?,25-/m1/s1. The number of unbranched alkanes of at least 4 members (excludes halogenated alkanes) is 13. The summed E-state index contributed by atoms with van der Waals surface area (Å²) in [5.74, 6) is -0.0842. The summed E-state index contributed by atoms with van der Waals surface area (Å²) < 4.78 is 30.3. The molecule has 3 rings (SSSR count). The zero-order valence-corrected chi connectivity index (χ0v) is 24.1. The molecular formula is C26H46N5O7P. The molecule has 0 amide bonds. The molecule has 0 radical (unpaired) electrons. The van der Waals surface area contributed by atoms with Crippen molar-refractivity contribution >= 4 is 25.4 Å². The lowest BCUT2D eigenvalue weighted by atomic mass is 10.0. The van der Waals surface area contributed by atoms with Crippen LogP contribution in [0.1, 0.15) is 103 Å². The van der Waals surface area contributed by atoms with Crippen LogP contribution in [0.5, 0.6) is 0 Å². The number of hydrogen-bond donors (Lipinski definition) is 4. The van der Waals surface area contributed by atoms with Crippen molar-refractivity contribution in [3.05, 3.63) is 16.7 Å². The maximum Gasteiger partial charge on any atom is 0.317 e. The fourth-order valence-corrected chi connectivity index (χ4v) is 5.68. The van der Waals surface area contributed by atoms with Crippen molar-refractivity contribution in [3.63, 3.8) is 0 Å². The molecule has 222 valence electrons.